The maximum atomic E-state index is 12.2. The van der Waals surface area contributed by atoms with Crippen molar-refractivity contribution in [2.75, 3.05) is 6.54 Å². The summed E-state index contributed by atoms with van der Waals surface area (Å²) in [6.45, 7) is 3.00. The van der Waals surface area contributed by atoms with Crippen LogP contribution in [0.3, 0.4) is 0 Å². The van der Waals surface area contributed by atoms with Crippen LogP contribution in [0.1, 0.15) is 19.8 Å². The number of carbonyl (C=O) groups excluding carboxylic acids is 1. The molecule has 8 nitrogen and oxygen atoms in total. The number of carbonyl (C=O) groups is 1. The number of hydrogen-bond acceptors (Lipinski definition) is 5. The quantitative estimate of drug-likeness (QED) is 0.289. The maximum Gasteiger partial charge on any atom is 0.234 e. The minimum absolute atomic E-state index is 0.0103. The second-order valence-corrected chi connectivity index (χ2v) is 5.00. The van der Waals surface area contributed by atoms with Crippen molar-refractivity contribution < 1.29 is 10.0 Å². The molecule has 0 spiro atoms. The molecule has 1 heterocycles. The summed E-state index contributed by atoms with van der Waals surface area (Å²) in [4.78, 5) is 12.2. The summed E-state index contributed by atoms with van der Waals surface area (Å²) in [6.07, 6.45) is 4.51. The van der Waals surface area contributed by atoms with Crippen LogP contribution in [-0.2, 0) is 11.3 Å². The second-order valence-electron chi connectivity index (χ2n) is 5.00. The van der Waals surface area contributed by atoms with E-state index in [1.807, 2.05) is 6.92 Å². The van der Waals surface area contributed by atoms with Gasteiger partial charge in [0.05, 0.1) is 12.7 Å². The van der Waals surface area contributed by atoms with Crippen LogP contribution in [0.15, 0.2) is 17.5 Å². The van der Waals surface area contributed by atoms with Gasteiger partial charge < -0.3 is 16.3 Å². The molecule has 1 aromatic rings. The molecule has 0 aliphatic heterocycles. The number of nitrogens with zero attached hydrogens (tertiary/aromatic N) is 4. The number of amidine groups is 1. The number of nitrogens with one attached hydrogen (secondary N) is 1. The van der Waals surface area contributed by atoms with Crippen molar-refractivity contribution in [3.63, 3.8) is 0 Å². The number of aromatic nitrogens is 3. The normalized spacial score (nSPS) is 26.8. The average Bonchev–Trinajstić information content (AvgIpc) is 2.86. The first-order chi connectivity index (χ1) is 9.08. The maximum absolute atomic E-state index is 12.2. The molecule has 104 valence electrons. The first-order valence-electron chi connectivity index (χ1n) is 6.19. The van der Waals surface area contributed by atoms with Gasteiger partial charge in [-0.2, -0.15) is 0 Å². The Morgan fingerprint density at radius 1 is 1.68 bits per heavy atom. The van der Waals surface area contributed by atoms with Crippen LogP contribution in [0.2, 0.25) is 0 Å². The van der Waals surface area contributed by atoms with E-state index in [4.69, 9.17) is 10.9 Å². The van der Waals surface area contributed by atoms with E-state index in [9.17, 15) is 4.79 Å². The molecule has 19 heavy (non-hydrogen) atoms. The lowest BCUT2D eigenvalue weighted by atomic mass is 9.61. The predicted molar refractivity (Wildman–Crippen MR) is 67.3 cm³/mol. The molecule has 2 rings (SSSR count). The number of nitrogens with two attached hydrogens (primary N) is 1. The highest BCUT2D eigenvalue weighted by Crippen LogP contribution is 2.45. The summed E-state index contributed by atoms with van der Waals surface area (Å²) in [6, 6.07) is 0. The summed E-state index contributed by atoms with van der Waals surface area (Å²) in [5.41, 5.74) is 4.80. The van der Waals surface area contributed by atoms with E-state index in [2.05, 4.69) is 20.8 Å². The number of hydrogen-bond donors (Lipinski definition) is 3. The molecule has 0 unspecified atom stereocenters. The summed E-state index contributed by atoms with van der Waals surface area (Å²) in [5.74, 6) is 0.200. The Hall–Kier alpha value is -2.12. The minimum Gasteiger partial charge on any atom is -0.409 e. The van der Waals surface area contributed by atoms with Gasteiger partial charge in [0.15, 0.2) is 5.84 Å². The molecule has 1 aliphatic carbocycles. The molecule has 1 amide bonds. The van der Waals surface area contributed by atoms with Crippen LogP contribution >= 0.6 is 0 Å². The van der Waals surface area contributed by atoms with E-state index in [-0.39, 0.29) is 11.7 Å². The van der Waals surface area contributed by atoms with Gasteiger partial charge in [-0.3, -0.25) is 9.48 Å². The van der Waals surface area contributed by atoms with Crippen molar-refractivity contribution in [3.8, 4) is 0 Å². The molecule has 0 aromatic carbocycles. The van der Waals surface area contributed by atoms with Crippen LogP contribution in [0.4, 0.5) is 0 Å². The zero-order valence-corrected chi connectivity index (χ0v) is 10.8. The third kappa shape index (κ3) is 2.51. The van der Waals surface area contributed by atoms with Crippen LogP contribution in [0.5, 0.6) is 0 Å². The van der Waals surface area contributed by atoms with Crippen molar-refractivity contribution in [1.29, 1.82) is 0 Å². The van der Waals surface area contributed by atoms with Crippen LogP contribution < -0.4 is 11.1 Å². The topological polar surface area (TPSA) is 118 Å². The molecule has 8 heteroatoms. The summed E-state index contributed by atoms with van der Waals surface area (Å²) >= 11 is 0. The van der Waals surface area contributed by atoms with E-state index in [1.165, 1.54) is 0 Å². The van der Waals surface area contributed by atoms with Crippen molar-refractivity contribution in [2.45, 2.75) is 26.3 Å². The molecule has 1 fully saturated rings. The highest BCUT2D eigenvalue weighted by atomic mass is 16.4. The van der Waals surface area contributed by atoms with Gasteiger partial charge in [0.2, 0.25) is 5.91 Å². The van der Waals surface area contributed by atoms with Crippen LogP contribution in [0.25, 0.3) is 0 Å². The molecule has 4 N–H and O–H groups in total. The van der Waals surface area contributed by atoms with E-state index < -0.39 is 5.41 Å². The highest BCUT2D eigenvalue weighted by Gasteiger charge is 2.51. The monoisotopic (exact) mass is 266 g/mol. The zero-order chi connectivity index (χ0) is 13.9. The third-order valence-corrected chi connectivity index (χ3v) is 3.52. The van der Waals surface area contributed by atoms with Crippen molar-refractivity contribution in [1.82, 2.24) is 20.3 Å². The first kappa shape index (κ1) is 13.3. The van der Waals surface area contributed by atoms with Gasteiger partial charge in [-0.15, -0.1) is 5.10 Å². The fourth-order valence-electron chi connectivity index (χ4n) is 2.54. The van der Waals surface area contributed by atoms with Gasteiger partial charge >= 0.3 is 0 Å². The van der Waals surface area contributed by atoms with Crippen LogP contribution in [0, 0.1) is 11.3 Å². The van der Waals surface area contributed by atoms with Gasteiger partial charge in [-0.05, 0) is 18.8 Å². The van der Waals surface area contributed by atoms with Crippen molar-refractivity contribution >= 4 is 11.7 Å². The Kier molecular flexibility index (Phi) is 3.68. The summed E-state index contributed by atoms with van der Waals surface area (Å²) < 4.78 is 1.62. The first-order valence-corrected chi connectivity index (χ1v) is 6.19. The molecular weight excluding hydrogens is 248 g/mol. The minimum atomic E-state index is -0.851. The van der Waals surface area contributed by atoms with Crippen LogP contribution in [-0.4, -0.2) is 38.5 Å². The second kappa shape index (κ2) is 5.25. The number of rotatable bonds is 5. The Morgan fingerprint density at radius 2 is 2.42 bits per heavy atom. The smallest absolute Gasteiger partial charge is 0.234 e. The SMILES string of the molecule is CC1CC(C(=O)NCCn2ccnn2)(/C(N)=N/O)C1. The Morgan fingerprint density at radius 3 is 2.95 bits per heavy atom. The lowest BCUT2D eigenvalue weighted by Gasteiger charge is -2.43. The van der Waals surface area contributed by atoms with Gasteiger partial charge in [0, 0.05) is 12.7 Å². The summed E-state index contributed by atoms with van der Waals surface area (Å²) in [7, 11) is 0. The largest absolute Gasteiger partial charge is 0.409 e. The molecule has 1 saturated carbocycles. The van der Waals surface area contributed by atoms with Gasteiger partial charge in [-0.25, -0.2) is 0 Å². The fraction of sp³-hybridized carbons (Fsp3) is 0.636. The Bertz CT molecular complexity index is 464. The standard InChI is InChI=1S/C11H18N6O2/c1-8-6-11(7-8,9(12)15-19)10(18)13-2-4-17-5-3-14-16-17/h3,5,8,19H,2,4,6-7H2,1H3,(H2,12,15)(H,13,18). The molecular formula is C11H18N6O2. The average molecular weight is 266 g/mol. The van der Waals surface area contributed by atoms with Crippen molar-refractivity contribution in [3.05, 3.63) is 12.4 Å². The lowest BCUT2D eigenvalue weighted by Crippen LogP contribution is -2.57. The summed E-state index contributed by atoms with van der Waals surface area (Å²) in [5, 5.41) is 22.1. The zero-order valence-electron chi connectivity index (χ0n) is 10.8. The van der Waals surface area contributed by atoms with E-state index in [1.54, 1.807) is 17.1 Å². The van der Waals surface area contributed by atoms with E-state index in [0.29, 0.717) is 31.8 Å². The fourth-order valence-corrected chi connectivity index (χ4v) is 2.54. The molecule has 0 atom stereocenters. The predicted octanol–water partition coefficient (Wildman–Crippen LogP) is -0.443. The van der Waals surface area contributed by atoms with Crippen molar-refractivity contribution in [2.24, 2.45) is 22.2 Å². The Labute approximate surface area is 110 Å². The highest BCUT2D eigenvalue weighted by molar-refractivity contribution is 6.07. The van der Waals surface area contributed by atoms with E-state index in [0.717, 1.165) is 0 Å². The van der Waals surface area contributed by atoms with Gasteiger partial charge in [-0.1, -0.05) is 17.3 Å². The molecule has 1 aromatic heterocycles. The van der Waals surface area contributed by atoms with Gasteiger partial charge in [0.1, 0.15) is 5.41 Å². The number of oxime groups is 1. The molecule has 0 radical (unpaired) electrons. The molecule has 0 bridgehead atoms. The molecule has 0 saturated heterocycles. The third-order valence-electron chi connectivity index (χ3n) is 3.52. The number of amides is 1. The Balaban J connectivity index is 1.90. The lowest BCUT2D eigenvalue weighted by molar-refractivity contribution is -0.133. The molecule has 1 aliphatic rings. The van der Waals surface area contributed by atoms with Gasteiger partial charge in [0.25, 0.3) is 0 Å². The van der Waals surface area contributed by atoms with E-state index >= 15 is 0 Å².